The Labute approximate surface area is 85.3 Å². The van der Waals surface area contributed by atoms with Gasteiger partial charge in [-0.2, -0.15) is 0 Å². The van der Waals surface area contributed by atoms with Crippen molar-refractivity contribution in [1.29, 1.82) is 0 Å². The van der Waals surface area contributed by atoms with Gasteiger partial charge in [-0.15, -0.1) is 0 Å². The highest BCUT2D eigenvalue weighted by atomic mass is 16.5. The number of hydrogen-bond donors (Lipinski definition) is 1. The van der Waals surface area contributed by atoms with E-state index in [2.05, 4.69) is 4.98 Å². The molecule has 0 amide bonds. The number of methoxy groups -OCH3 is 1. The molecule has 0 saturated carbocycles. The lowest BCUT2D eigenvalue weighted by Crippen LogP contribution is -2.13. The summed E-state index contributed by atoms with van der Waals surface area (Å²) in [5.41, 5.74) is 8.21. The van der Waals surface area contributed by atoms with Crippen LogP contribution in [0.4, 0.5) is 0 Å². The lowest BCUT2D eigenvalue weighted by Gasteiger charge is -2.13. The van der Waals surface area contributed by atoms with Crippen molar-refractivity contribution in [2.75, 3.05) is 13.7 Å². The second-order valence-electron chi connectivity index (χ2n) is 3.42. The second-order valence-corrected chi connectivity index (χ2v) is 3.42. The fourth-order valence-corrected chi connectivity index (χ4v) is 1.49. The predicted octanol–water partition coefficient (Wildman–Crippen LogP) is 1.82. The van der Waals surface area contributed by atoms with Gasteiger partial charge in [0.05, 0.1) is 0 Å². The van der Waals surface area contributed by atoms with E-state index in [0.717, 1.165) is 30.7 Å². The molecule has 1 rings (SSSR count). The minimum Gasteiger partial charge on any atom is -0.385 e. The van der Waals surface area contributed by atoms with Gasteiger partial charge in [0.1, 0.15) is 0 Å². The molecule has 3 nitrogen and oxygen atoms in total. The molecule has 78 valence electrons. The summed E-state index contributed by atoms with van der Waals surface area (Å²) in [6, 6.07) is 4.05. The number of aromatic nitrogens is 1. The molecule has 1 atom stereocenters. The molecule has 1 unspecified atom stereocenters. The monoisotopic (exact) mass is 194 g/mol. The summed E-state index contributed by atoms with van der Waals surface area (Å²) >= 11 is 0. The van der Waals surface area contributed by atoms with E-state index in [1.165, 1.54) is 0 Å². The van der Waals surface area contributed by atoms with Crippen molar-refractivity contribution in [1.82, 2.24) is 4.98 Å². The molecule has 0 aliphatic rings. The van der Waals surface area contributed by atoms with E-state index >= 15 is 0 Å². The Balaban J connectivity index is 2.51. The fraction of sp³-hybridized carbons (Fsp3) is 0.545. The third-order valence-corrected chi connectivity index (χ3v) is 2.31. The third kappa shape index (κ3) is 3.09. The zero-order chi connectivity index (χ0) is 10.4. The zero-order valence-corrected chi connectivity index (χ0v) is 8.86. The highest BCUT2D eigenvalue weighted by Gasteiger charge is 2.08. The van der Waals surface area contributed by atoms with Gasteiger partial charge in [-0.05, 0) is 31.4 Å². The Morgan fingerprint density at radius 2 is 2.36 bits per heavy atom. The number of hydrogen-bond acceptors (Lipinski definition) is 3. The molecule has 1 aromatic heterocycles. The van der Waals surface area contributed by atoms with Crippen molar-refractivity contribution in [3.63, 3.8) is 0 Å². The largest absolute Gasteiger partial charge is 0.385 e. The first kappa shape index (κ1) is 11.1. The first-order chi connectivity index (χ1) is 6.75. The molecule has 0 aliphatic heterocycles. The van der Waals surface area contributed by atoms with E-state index in [0.29, 0.717) is 0 Å². The molecule has 1 aromatic rings. The van der Waals surface area contributed by atoms with Crippen molar-refractivity contribution < 1.29 is 4.74 Å². The maximum absolute atomic E-state index is 6.04. The highest BCUT2D eigenvalue weighted by molar-refractivity contribution is 5.21. The van der Waals surface area contributed by atoms with Gasteiger partial charge in [-0.25, -0.2) is 0 Å². The molecule has 0 aromatic carbocycles. The number of rotatable bonds is 5. The van der Waals surface area contributed by atoms with Gasteiger partial charge in [-0.3, -0.25) is 4.98 Å². The van der Waals surface area contributed by atoms with Gasteiger partial charge in [-0.1, -0.05) is 6.07 Å². The van der Waals surface area contributed by atoms with E-state index in [-0.39, 0.29) is 6.04 Å². The maximum Gasteiger partial charge on any atom is 0.0462 e. The van der Waals surface area contributed by atoms with Crippen LogP contribution < -0.4 is 5.73 Å². The van der Waals surface area contributed by atoms with Crippen LogP contribution in [0.25, 0.3) is 0 Å². The molecule has 14 heavy (non-hydrogen) atoms. The van der Waals surface area contributed by atoms with Crippen LogP contribution in [0.15, 0.2) is 18.3 Å². The molecule has 0 radical (unpaired) electrons. The zero-order valence-electron chi connectivity index (χ0n) is 8.86. The number of nitrogens with two attached hydrogens (primary N) is 1. The van der Waals surface area contributed by atoms with Crippen molar-refractivity contribution in [3.05, 3.63) is 29.6 Å². The average molecular weight is 194 g/mol. The van der Waals surface area contributed by atoms with Crippen LogP contribution in [-0.2, 0) is 4.74 Å². The Morgan fingerprint density at radius 1 is 1.57 bits per heavy atom. The second kappa shape index (κ2) is 5.73. The maximum atomic E-state index is 6.04. The topological polar surface area (TPSA) is 48.1 Å². The van der Waals surface area contributed by atoms with E-state index in [1.807, 2.05) is 19.1 Å². The summed E-state index contributed by atoms with van der Waals surface area (Å²) in [6.07, 6.45) is 3.73. The van der Waals surface area contributed by atoms with Gasteiger partial charge in [0.15, 0.2) is 0 Å². The van der Waals surface area contributed by atoms with Crippen molar-refractivity contribution in [2.24, 2.45) is 5.73 Å². The van der Waals surface area contributed by atoms with Gasteiger partial charge in [0, 0.05) is 31.6 Å². The molecular formula is C11H18N2O. The minimum atomic E-state index is 0.0823. The number of aryl methyl sites for hydroxylation is 1. The highest BCUT2D eigenvalue weighted by Crippen LogP contribution is 2.17. The van der Waals surface area contributed by atoms with Crippen LogP contribution in [0.2, 0.25) is 0 Å². The van der Waals surface area contributed by atoms with Crippen LogP contribution in [0.3, 0.4) is 0 Å². The molecule has 0 spiro atoms. The van der Waals surface area contributed by atoms with Crippen molar-refractivity contribution in [3.8, 4) is 0 Å². The van der Waals surface area contributed by atoms with Crippen LogP contribution in [0.5, 0.6) is 0 Å². The lowest BCUT2D eigenvalue weighted by atomic mass is 10.0. The molecule has 2 N–H and O–H groups in total. The first-order valence-electron chi connectivity index (χ1n) is 4.91. The average Bonchev–Trinajstić information content (AvgIpc) is 2.18. The molecule has 3 heteroatoms. The van der Waals surface area contributed by atoms with Crippen molar-refractivity contribution >= 4 is 0 Å². The SMILES string of the molecule is COCCCC(N)c1cccnc1C. The third-order valence-electron chi connectivity index (χ3n) is 2.31. The van der Waals surface area contributed by atoms with Gasteiger partial charge in [0.25, 0.3) is 0 Å². The van der Waals surface area contributed by atoms with Gasteiger partial charge >= 0.3 is 0 Å². The van der Waals surface area contributed by atoms with E-state index in [1.54, 1.807) is 13.3 Å². The molecule has 0 bridgehead atoms. The number of pyridine rings is 1. The van der Waals surface area contributed by atoms with E-state index in [4.69, 9.17) is 10.5 Å². The molecular weight excluding hydrogens is 176 g/mol. The Bertz CT molecular complexity index is 276. The minimum absolute atomic E-state index is 0.0823. The molecule has 0 saturated heterocycles. The smallest absolute Gasteiger partial charge is 0.0462 e. The quantitative estimate of drug-likeness (QED) is 0.727. The summed E-state index contributed by atoms with van der Waals surface area (Å²) in [5, 5.41) is 0. The van der Waals surface area contributed by atoms with E-state index < -0.39 is 0 Å². The normalized spacial score (nSPS) is 12.8. The standard InChI is InChI=1S/C11H18N2O/c1-9-10(5-3-7-13-9)11(12)6-4-8-14-2/h3,5,7,11H,4,6,8,12H2,1-2H3. The summed E-state index contributed by atoms with van der Waals surface area (Å²) in [7, 11) is 1.71. The van der Waals surface area contributed by atoms with Crippen LogP contribution in [0.1, 0.15) is 30.1 Å². The molecule has 0 fully saturated rings. The predicted molar refractivity (Wildman–Crippen MR) is 57.0 cm³/mol. The van der Waals surface area contributed by atoms with Crippen molar-refractivity contribution in [2.45, 2.75) is 25.8 Å². The van der Waals surface area contributed by atoms with Gasteiger partial charge < -0.3 is 10.5 Å². The fourth-order valence-electron chi connectivity index (χ4n) is 1.49. The first-order valence-corrected chi connectivity index (χ1v) is 4.91. The Hall–Kier alpha value is -0.930. The summed E-state index contributed by atoms with van der Waals surface area (Å²) < 4.78 is 4.99. The summed E-state index contributed by atoms with van der Waals surface area (Å²) in [4.78, 5) is 4.22. The number of nitrogens with zero attached hydrogens (tertiary/aromatic N) is 1. The molecule has 1 heterocycles. The number of ether oxygens (including phenoxy) is 1. The summed E-state index contributed by atoms with van der Waals surface area (Å²) in [6.45, 7) is 2.76. The Morgan fingerprint density at radius 3 is 3.00 bits per heavy atom. The Kier molecular flexibility index (Phi) is 4.56. The summed E-state index contributed by atoms with van der Waals surface area (Å²) in [5.74, 6) is 0. The van der Waals surface area contributed by atoms with Crippen LogP contribution >= 0.6 is 0 Å². The van der Waals surface area contributed by atoms with Crippen LogP contribution in [0, 0.1) is 6.92 Å². The van der Waals surface area contributed by atoms with Crippen LogP contribution in [-0.4, -0.2) is 18.7 Å². The molecule has 0 aliphatic carbocycles. The van der Waals surface area contributed by atoms with Gasteiger partial charge in [0.2, 0.25) is 0 Å². The lowest BCUT2D eigenvalue weighted by molar-refractivity contribution is 0.190. The van der Waals surface area contributed by atoms with E-state index in [9.17, 15) is 0 Å².